The second-order valence-corrected chi connectivity index (χ2v) is 4.74. The van der Waals surface area contributed by atoms with Gasteiger partial charge >= 0.3 is 0 Å². The van der Waals surface area contributed by atoms with Gasteiger partial charge in [0.05, 0.1) is 6.67 Å². The number of hydrogen-bond donors (Lipinski definition) is 1. The average molecular weight is 231 g/mol. The summed E-state index contributed by atoms with van der Waals surface area (Å²) >= 11 is 0. The van der Waals surface area contributed by atoms with Gasteiger partial charge in [-0.15, -0.1) is 0 Å². The van der Waals surface area contributed by atoms with E-state index >= 15 is 0 Å². The lowest BCUT2D eigenvalue weighted by atomic mass is 10.2. The molecule has 3 heteroatoms. The van der Waals surface area contributed by atoms with Gasteiger partial charge in [0.2, 0.25) is 0 Å². The van der Waals surface area contributed by atoms with Crippen molar-refractivity contribution in [3.8, 4) is 0 Å². The Morgan fingerprint density at radius 3 is 2.59 bits per heavy atom. The maximum atomic E-state index is 5.67. The number of nitrogens with zero attached hydrogens (tertiary/aromatic N) is 2. The Balaban J connectivity index is 1.87. The third-order valence-corrected chi connectivity index (χ3v) is 3.02. The van der Waals surface area contributed by atoms with E-state index in [1.165, 1.54) is 18.5 Å². The van der Waals surface area contributed by atoms with E-state index in [2.05, 4.69) is 46.7 Å². The van der Waals surface area contributed by atoms with Crippen LogP contribution in [0.25, 0.3) is 0 Å². The Bertz CT molecular complexity index is 361. The summed E-state index contributed by atoms with van der Waals surface area (Å²) in [6.45, 7) is 8.90. The molecule has 1 aromatic carbocycles. The molecule has 3 nitrogen and oxygen atoms in total. The van der Waals surface area contributed by atoms with Crippen LogP contribution in [0.4, 0.5) is 0 Å². The molecule has 0 saturated carbocycles. The SMILES string of the molecule is C=C(N)CN1CCCN(Cc2ccccc2)C1. The first-order valence-corrected chi connectivity index (χ1v) is 6.16. The van der Waals surface area contributed by atoms with E-state index in [0.29, 0.717) is 0 Å². The van der Waals surface area contributed by atoms with Crippen molar-refractivity contribution < 1.29 is 0 Å². The molecule has 0 bridgehead atoms. The molecule has 1 aliphatic heterocycles. The lowest BCUT2D eigenvalue weighted by Gasteiger charge is -2.35. The van der Waals surface area contributed by atoms with Crippen molar-refractivity contribution in [2.75, 3.05) is 26.3 Å². The molecular formula is C14H21N3. The fourth-order valence-corrected chi connectivity index (χ4v) is 2.33. The molecule has 17 heavy (non-hydrogen) atoms. The number of benzene rings is 1. The lowest BCUT2D eigenvalue weighted by Crippen LogP contribution is -2.45. The van der Waals surface area contributed by atoms with E-state index in [9.17, 15) is 0 Å². The van der Waals surface area contributed by atoms with E-state index in [-0.39, 0.29) is 0 Å². The summed E-state index contributed by atoms with van der Waals surface area (Å²) in [7, 11) is 0. The van der Waals surface area contributed by atoms with Gasteiger partial charge in [0.15, 0.2) is 0 Å². The van der Waals surface area contributed by atoms with E-state index in [1.807, 2.05) is 0 Å². The van der Waals surface area contributed by atoms with Crippen molar-refractivity contribution in [3.05, 3.63) is 48.2 Å². The molecule has 2 rings (SSSR count). The van der Waals surface area contributed by atoms with Gasteiger partial charge in [0, 0.05) is 31.9 Å². The fraction of sp³-hybridized carbons (Fsp3) is 0.429. The zero-order chi connectivity index (χ0) is 12.1. The summed E-state index contributed by atoms with van der Waals surface area (Å²) in [6, 6.07) is 10.6. The van der Waals surface area contributed by atoms with Crippen LogP contribution in [0.15, 0.2) is 42.6 Å². The van der Waals surface area contributed by atoms with Crippen LogP contribution in [0.1, 0.15) is 12.0 Å². The van der Waals surface area contributed by atoms with E-state index < -0.39 is 0 Å². The molecule has 0 radical (unpaired) electrons. The normalized spacial score (nSPS) is 18.1. The highest BCUT2D eigenvalue weighted by atomic mass is 15.3. The quantitative estimate of drug-likeness (QED) is 0.854. The predicted octanol–water partition coefficient (Wildman–Crippen LogP) is 1.62. The molecule has 0 atom stereocenters. The molecule has 1 saturated heterocycles. The van der Waals surface area contributed by atoms with Gasteiger partial charge in [-0.3, -0.25) is 9.80 Å². The minimum atomic E-state index is 0.756. The summed E-state index contributed by atoms with van der Waals surface area (Å²) in [5.41, 5.74) is 7.80. The van der Waals surface area contributed by atoms with Crippen molar-refractivity contribution in [2.24, 2.45) is 5.73 Å². The van der Waals surface area contributed by atoms with E-state index in [1.54, 1.807) is 0 Å². The monoisotopic (exact) mass is 231 g/mol. The third kappa shape index (κ3) is 3.88. The van der Waals surface area contributed by atoms with Crippen molar-refractivity contribution in [2.45, 2.75) is 13.0 Å². The summed E-state index contributed by atoms with van der Waals surface area (Å²) in [5, 5.41) is 0. The van der Waals surface area contributed by atoms with Crippen LogP contribution >= 0.6 is 0 Å². The van der Waals surface area contributed by atoms with Crippen molar-refractivity contribution >= 4 is 0 Å². The van der Waals surface area contributed by atoms with Crippen molar-refractivity contribution in [1.29, 1.82) is 0 Å². The standard InChI is InChI=1S/C14H21N3/c1-13(15)10-16-8-5-9-17(12-16)11-14-6-3-2-4-7-14/h2-4,6-7H,1,5,8-12,15H2. The highest BCUT2D eigenvalue weighted by Gasteiger charge is 2.17. The van der Waals surface area contributed by atoms with Gasteiger partial charge < -0.3 is 5.73 Å². The van der Waals surface area contributed by atoms with Gasteiger partial charge in [0.25, 0.3) is 0 Å². The summed E-state index contributed by atoms with van der Waals surface area (Å²) in [5.74, 6) is 0. The van der Waals surface area contributed by atoms with Gasteiger partial charge in [-0.05, 0) is 12.0 Å². The zero-order valence-electron chi connectivity index (χ0n) is 10.3. The Labute approximate surface area is 104 Å². The van der Waals surface area contributed by atoms with E-state index in [4.69, 9.17) is 5.73 Å². The largest absolute Gasteiger partial charge is 0.401 e. The lowest BCUT2D eigenvalue weighted by molar-refractivity contribution is 0.0875. The fourth-order valence-electron chi connectivity index (χ4n) is 2.33. The number of rotatable bonds is 4. The molecule has 1 heterocycles. The molecule has 0 spiro atoms. The molecule has 0 aromatic heterocycles. The third-order valence-electron chi connectivity index (χ3n) is 3.02. The van der Waals surface area contributed by atoms with Crippen LogP contribution < -0.4 is 5.73 Å². The van der Waals surface area contributed by atoms with Gasteiger partial charge in [-0.2, -0.15) is 0 Å². The molecule has 0 unspecified atom stereocenters. The molecule has 1 fully saturated rings. The highest BCUT2D eigenvalue weighted by molar-refractivity contribution is 5.14. The van der Waals surface area contributed by atoms with Crippen LogP contribution in [0.3, 0.4) is 0 Å². The molecule has 1 aliphatic rings. The van der Waals surface area contributed by atoms with Gasteiger partial charge in [0.1, 0.15) is 0 Å². The molecule has 92 valence electrons. The van der Waals surface area contributed by atoms with Gasteiger partial charge in [-0.1, -0.05) is 36.9 Å². The second kappa shape index (κ2) is 5.84. The maximum Gasteiger partial charge on any atom is 0.0513 e. The zero-order valence-corrected chi connectivity index (χ0v) is 10.3. The molecule has 1 aromatic rings. The molecule has 0 amide bonds. The Hall–Kier alpha value is -1.32. The van der Waals surface area contributed by atoms with Crippen LogP contribution in [-0.2, 0) is 6.54 Å². The molecule has 0 aliphatic carbocycles. The highest BCUT2D eigenvalue weighted by Crippen LogP contribution is 2.11. The average Bonchev–Trinajstić information content (AvgIpc) is 2.30. The minimum absolute atomic E-state index is 0.756. The first kappa shape index (κ1) is 12.1. The number of nitrogens with two attached hydrogens (primary N) is 1. The van der Waals surface area contributed by atoms with E-state index in [0.717, 1.165) is 32.0 Å². The summed E-state index contributed by atoms with van der Waals surface area (Å²) in [6.07, 6.45) is 1.21. The van der Waals surface area contributed by atoms with Crippen LogP contribution in [0.2, 0.25) is 0 Å². The Kier molecular flexibility index (Phi) is 4.18. The topological polar surface area (TPSA) is 32.5 Å². The summed E-state index contributed by atoms with van der Waals surface area (Å²) in [4.78, 5) is 4.82. The van der Waals surface area contributed by atoms with Crippen LogP contribution in [-0.4, -0.2) is 36.1 Å². The minimum Gasteiger partial charge on any atom is -0.401 e. The second-order valence-electron chi connectivity index (χ2n) is 4.74. The first-order valence-electron chi connectivity index (χ1n) is 6.16. The smallest absolute Gasteiger partial charge is 0.0513 e. The maximum absolute atomic E-state index is 5.67. The molecule has 2 N–H and O–H groups in total. The number of hydrogen-bond acceptors (Lipinski definition) is 3. The molecular weight excluding hydrogens is 210 g/mol. The predicted molar refractivity (Wildman–Crippen MR) is 71.2 cm³/mol. The first-order chi connectivity index (χ1) is 8.24. The summed E-state index contributed by atoms with van der Waals surface area (Å²) < 4.78 is 0. The van der Waals surface area contributed by atoms with Crippen molar-refractivity contribution in [3.63, 3.8) is 0 Å². The van der Waals surface area contributed by atoms with Crippen LogP contribution in [0, 0.1) is 0 Å². The van der Waals surface area contributed by atoms with Crippen molar-refractivity contribution in [1.82, 2.24) is 9.80 Å². The Morgan fingerprint density at radius 1 is 1.18 bits per heavy atom. The van der Waals surface area contributed by atoms with Crippen LogP contribution in [0.5, 0.6) is 0 Å². The Morgan fingerprint density at radius 2 is 1.88 bits per heavy atom. The van der Waals surface area contributed by atoms with Gasteiger partial charge in [-0.25, -0.2) is 0 Å².